The van der Waals surface area contributed by atoms with E-state index in [9.17, 15) is 4.79 Å². The number of hydrogen-bond acceptors (Lipinski definition) is 2. The topological polar surface area (TPSA) is 58.0 Å². The molecule has 2 aromatic heterocycles. The van der Waals surface area contributed by atoms with Crippen molar-refractivity contribution < 1.29 is 9.21 Å². The van der Waals surface area contributed by atoms with E-state index in [1.54, 1.807) is 6.08 Å². The van der Waals surface area contributed by atoms with E-state index in [2.05, 4.69) is 22.4 Å². The summed E-state index contributed by atoms with van der Waals surface area (Å²) in [6.45, 7) is 2.53. The highest BCUT2D eigenvalue weighted by Gasteiger charge is 2.03. The first-order valence-corrected chi connectivity index (χ1v) is 7.80. The number of carbonyl (C=O) groups is 1. The number of carbonyl (C=O) groups excluding carboxylic acids is 1. The molecule has 0 aliphatic heterocycles. The van der Waals surface area contributed by atoms with Gasteiger partial charge >= 0.3 is 0 Å². The molecule has 0 aliphatic rings. The SMILES string of the molecule is Cc1ccc(C=CC(=O)NCCCc2c[nH]c3ccccc23)o1. The van der Waals surface area contributed by atoms with E-state index >= 15 is 0 Å². The van der Waals surface area contributed by atoms with Gasteiger partial charge < -0.3 is 14.7 Å². The zero-order chi connectivity index (χ0) is 16.1. The minimum absolute atomic E-state index is 0.0991. The molecule has 0 aliphatic carbocycles. The Morgan fingerprint density at radius 3 is 2.96 bits per heavy atom. The van der Waals surface area contributed by atoms with Crippen LogP contribution in [0.4, 0.5) is 0 Å². The van der Waals surface area contributed by atoms with E-state index in [1.807, 2.05) is 37.4 Å². The number of rotatable bonds is 6. The first kappa shape index (κ1) is 15.2. The van der Waals surface area contributed by atoms with Gasteiger partial charge in [-0.3, -0.25) is 4.79 Å². The normalized spacial score (nSPS) is 11.3. The number of aromatic amines is 1. The summed E-state index contributed by atoms with van der Waals surface area (Å²) >= 11 is 0. The fourth-order valence-electron chi connectivity index (χ4n) is 2.59. The molecule has 0 saturated carbocycles. The fraction of sp³-hybridized carbons (Fsp3) is 0.211. The Kier molecular flexibility index (Phi) is 4.62. The van der Waals surface area contributed by atoms with Crippen LogP contribution in [0.15, 0.2) is 53.1 Å². The predicted octanol–water partition coefficient (Wildman–Crippen LogP) is 3.83. The third-order valence-electron chi connectivity index (χ3n) is 3.76. The maximum atomic E-state index is 11.8. The first-order valence-electron chi connectivity index (χ1n) is 7.80. The number of amides is 1. The maximum absolute atomic E-state index is 11.8. The predicted molar refractivity (Wildman–Crippen MR) is 92.1 cm³/mol. The van der Waals surface area contributed by atoms with Gasteiger partial charge in [0, 0.05) is 29.7 Å². The van der Waals surface area contributed by atoms with E-state index in [0.717, 1.165) is 24.1 Å². The van der Waals surface area contributed by atoms with Crippen molar-refractivity contribution in [2.24, 2.45) is 0 Å². The fourth-order valence-corrected chi connectivity index (χ4v) is 2.59. The van der Waals surface area contributed by atoms with Crippen molar-refractivity contribution >= 4 is 22.9 Å². The molecule has 23 heavy (non-hydrogen) atoms. The standard InChI is InChI=1S/C19H20N2O2/c1-14-8-9-16(23-14)10-11-19(22)20-12-4-5-15-13-21-18-7-3-2-6-17(15)18/h2-3,6-11,13,21H,4-5,12H2,1H3,(H,20,22). The molecule has 2 heterocycles. The molecule has 0 atom stereocenters. The second kappa shape index (κ2) is 7.01. The van der Waals surface area contributed by atoms with Gasteiger partial charge in [-0.05, 0) is 49.6 Å². The van der Waals surface area contributed by atoms with Gasteiger partial charge in [-0.2, -0.15) is 0 Å². The third kappa shape index (κ3) is 3.92. The molecular weight excluding hydrogens is 288 g/mol. The first-order chi connectivity index (χ1) is 11.2. The summed E-state index contributed by atoms with van der Waals surface area (Å²) in [6.07, 6.45) is 7.07. The van der Waals surface area contributed by atoms with Crippen molar-refractivity contribution in [2.45, 2.75) is 19.8 Å². The molecule has 118 valence electrons. The van der Waals surface area contributed by atoms with E-state index in [1.165, 1.54) is 17.0 Å². The Balaban J connectivity index is 1.44. The number of aryl methyl sites for hydroxylation is 2. The van der Waals surface area contributed by atoms with Crippen molar-refractivity contribution in [3.05, 3.63) is 65.8 Å². The van der Waals surface area contributed by atoms with E-state index < -0.39 is 0 Å². The largest absolute Gasteiger partial charge is 0.462 e. The zero-order valence-corrected chi connectivity index (χ0v) is 13.1. The molecule has 3 rings (SSSR count). The molecule has 0 fully saturated rings. The molecule has 4 nitrogen and oxygen atoms in total. The molecule has 0 bridgehead atoms. The Morgan fingerprint density at radius 2 is 2.13 bits per heavy atom. The lowest BCUT2D eigenvalue weighted by Gasteiger charge is -2.02. The van der Waals surface area contributed by atoms with Crippen LogP contribution in [0.1, 0.15) is 23.5 Å². The summed E-state index contributed by atoms with van der Waals surface area (Å²) in [5.74, 6) is 1.43. The third-order valence-corrected chi connectivity index (χ3v) is 3.76. The van der Waals surface area contributed by atoms with Crippen LogP contribution in [0.2, 0.25) is 0 Å². The van der Waals surface area contributed by atoms with E-state index in [-0.39, 0.29) is 5.91 Å². The van der Waals surface area contributed by atoms with Gasteiger partial charge in [0.1, 0.15) is 11.5 Å². The van der Waals surface area contributed by atoms with Crippen LogP contribution < -0.4 is 5.32 Å². The van der Waals surface area contributed by atoms with Crippen molar-refractivity contribution in [3.63, 3.8) is 0 Å². The Hall–Kier alpha value is -2.75. The maximum Gasteiger partial charge on any atom is 0.244 e. The Bertz CT molecular complexity index is 827. The van der Waals surface area contributed by atoms with Crippen molar-refractivity contribution in [2.75, 3.05) is 6.54 Å². The molecule has 1 amide bonds. The van der Waals surface area contributed by atoms with Gasteiger partial charge in [0.05, 0.1) is 0 Å². The summed E-state index contributed by atoms with van der Waals surface area (Å²) in [5, 5.41) is 4.15. The van der Waals surface area contributed by atoms with Crippen molar-refractivity contribution in [1.29, 1.82) is 0 Å². The average molecular weight is 308 g/mol. The van der Waals surface area contributed by atoms with Crippen LogP contribution in [0, 0.1) is 6.92 Å². The molecule has 2 N–H and O–H groups in total. The van der Waals surface area contributed by atoms with Crippen LogP contribution >= 0.6 is 0 Å². The molecule has 0 saturated heterocycles. The number of para-hydroxylation sites is 1. The summed E-state index contributed by atoms with van der Waals surface area (Å²) < 4.78 is 5.38. The number of aromatic nitrogens is 1. The number of nitrogens with one attached hydrogen (secondary N) is 2. The lowest BCUT2D eigenvalue weighted by molar-refractivity contribution is -0.116. The summed E-state index contributed by atoms with van der Waals surface area (Å²) in [7, 11) is 0. The molecule has 0 radical (unpaired) electrons. The molecule has 4 heteroatoms. The number of H-pyrrole nitrogens is 1. The summed E-state index contributed by atoms with van der Waals surface area (Å²) in [6, 6.07) is 12.0. The minimum atomic E-state index is -0.0991. The molecule has 0 unspecified atom stereocenters. The number of hydrogen-bond donors (Lipinski definition) is 2. The monoisotopic (exact) mass is 308 g/mol. The molecule has 1 aromatic carbocycles. The van der Waals surface area contributed by atoms with Crippen LogP contribution in [-0.2, 0) is 11.2 Å². The number of fused-ring (bicyclic) bond motifs is 1. The van der Waals surface area contributed by atoms with Crippen LogP contribution in [-0.4, -0.2) is 17.4 Å². The quantitative estimate of drug-likeness (QED) is 0.537. The second-order valence-electron chi connectivity index (χ2n) is 5.54. The van der Waals surface area contributed by atoms with Gasteiger partial charge in [0.15, 0.2) is 0 Å². The minimum Gasteiger partial charge on any atom is -0.462 e. The van der Waals surface area contributed by atoms with Gasteiger partial charge in [-0.25, -0.2) is 0 Å². The van der Waals surface area contributed by atoms with Crippen LogP contribution in [0.3, 0.4) is 0 Å². The van der Waals surface area contributed by atoms with Gasteiger partial charge in [0.2, 0.25) is 5.91 Å². The molecule has 3 aromatic rings. The highest BCUT2D eigenvalue weighted by Crippen LogP contribution is 2.18. The molecular formula is C19H20N2O2. The Labute approximate surface area is 135 Å². The summed E-state index contributed by atoms with van der Waals surface area (Å²) in [4.78, 5) is 15.0. The number of furan rings is 1. The summed E-state index contributed by atoms with van der Waals surface area (Å²) in [5.41, 5.74) is 2.44. The van der Waals surface area contributed by atoms with Crippen LogP contribution in [0.5, 0.6) is 0 Å². The van der Waals surface area contributed by atoms with Crippen LogP contribution in [0.25, 0.3) is 17.0 Å². The van der Waals surface area contributed by atoms with Gasteiger partial charge in [-0.15, -0.1) is 0 Å². The average Bonchev–Trinajstić information content (AvgIpc) is 3.16. The smallest absolute Gasteiger partial charge is 0.244 e. The highest BCUT2D eigenvalue weighted by atomic mass is 16.3. The number of benzene rings is 1. The van der Waals surface area contributed by atoms with Gasteiger partial charge in [0.25, 0.3) is 0 Å². The lowest BCUT2D eigenvalue weighted by atomic mass is 10.1. The van der Waals surface area contributed by atoms with E-state index in [4.69, 9.17) is 4.42 Å². The molecule has 0 spiro atoms. The zero-order valence-electron chi connectivity index (χ0n) is 13.1. The van der Waals surface area contributed by atoms with E-state index in [0.29, 0.717) is 12.3 Å². The highest BCUT2D eigenvalue weighted by molar-refractivity contribution is 5.91. The lowest BCUT2D eigenvalue weighted by Crippen LogP contribution is -2.22. The van der Waals surface area contributed by atoms with Crippen molar-refractivity contribution in [3.8, 4) is 0 Å². The van der Waals surface area contributed by atoms with Crippen molar-refractivity contribution in [1.82, 2.24) is 10.3 Å². The Morgan fingerprint density at radius 1 is 1.26 bits per heavy atom. The van der Waals surface area contributed by atoms with Gasteiger partial charge in [-0.1, -0.05) is 18.2 Å². The second-order valence-corrected chi connectivity index (χ2v) is 5.54.